The average Bonchev–Trinajstić information content (AvgIpc) is 3.16. The minimum Gasteiger partial charge on any atom is -0.454 e. The molecule has 3 rings (SSSR count). The smallest absolute Gasteiger partial charge is 0.325 e. The van der Waals surface area contributed by atoms with Crippen molar-refractivity contribution >= 4 is 33.4 Å². The van der Waals surface area contributed by atoms with Crippen LogP contribution in [-0.4, -0.2) is 60.8 Å². The third-order valence-corrected chi connectivity index (χ3v) is 7.39. The molecule has 1 aliphatic rings. The van der Waals surface area contributed by atoms with E-state index in [1.807, 2.05) is 6.92 Å². The molecule has 1 fully saturated rings. The van der Waals surface area contributed by atoms with E-state index in [2.05, 4.69) is 5.32 Å². The molecule has 2 aromatic rings. The number of carbonyl (C=O) groups excluding carboxylic acids is 3. The third kappa shape index (κ3) is 5.47. The molecule has 2 unspecified atom stereocenters. The van der Waals surface area contributed by atoms with Crippen LogP contribution >= 0.6 is 0 Å². The molecule has 1 heterocycles. The van der Waals surface area contributed by atoms with Gasteiger partial charge in [-0.3, -0.25) is 14.4 Å². The van der Waals surface area contributed by atoms with Gasteiger partial charge in [-0.1, -0.05) is 18.2 Å². The second-order valence-corrected chi connectivity index (χ2v) is 9.87. The van der Waals surface area contributed by atoms with Crippen LogP contribution in [0, 0.1) is 13.8 Å². The van der Waals surface area contributed by atoms with E-state index in [1.54, 1.807) is 37.3 Å². The maximum absolute atomic E-state index is 13.1. The van der Waals surface area contributed by atoms with Gasteiger partial charge in [-0.15, -0.1) is 0 Å². The Morgan fingerprint density at radius 1 is 1.12 bits per heavy atom. The molecule has 0 aliphatic carbocycles. The first-order valence-electron chi connectivity index (χ1n) is 10.3. The molecule has 0 bridgehead atoms. The normalized spacial score (nSPS) is 18.7. The summed E-state index contributed by atoms with van der Waals surface area (Å²) in [6.45, 7) is 4.07. The first kappa shape index (κ1) is 24.6. The summed E-state index contributed by atoms with van der Waals surface area (Å²) in [6.07, 6.45) is -1.18. The largest absolute Gasteiger partial charge is 0.454 e. The highest BCUT2D eigenvalue weighted by Gasteiger charge is 2.44. The fraction of sp³-hybridized carbons (Fsp3) is 0.348. The van der Waals surface area contributed by atoms with Crippen LogP contribution in [0.1, 0.15) is 34.8 Å². The Kier molecular flexibility index (Phi) is 7.31. The summed E-state index contributed by atoms with van der Waals surface area (Å²) < 4.78 is 32.2. The van der Waals surface area contributed by atoms with Crippen molar-refractivity contribution in [1.82, 2.24) is 4.31 Å². The molecule has 176 valence electrons. The van der Waals surface area contributed by atoms with E-state index in [4.69, 9.17) is 4.74 Å². The molecule has 10 heteroatoms. The molecular formula is C23H26N2O7S. The minimum absolute atomic E-state index is 0.0103. The fourth-order valence-corrected chi connectivity index (χ4v) is 5.30. The van der Waals surface area contributed by atoms with Crippen LogP contribution in [-0.2, 0) is 24.3 Å². The van der Waals surface area contributed by atoms with Crippen LogP contribution in [0.5, 0.6) is 0 Å². The number of hydrogen-bond donors (Lipinski definition) is 2. The number of Topliss-reactive ketones (excluding diaryl/α,β-unsaturated/α-hetero) is 1. The predicted molar refractivity (Wildman–Crippen MR) is 120 cm³/mol. The van der Waals surface area contributed by atoms with Gasteiger partial charge in [-0.2, -0.15) is 4.31 Å². The zero-order valence-corrected chi connectivity index (χ0v) is 19.4. The van der Waals surface area contributed by atoms with Crippen LogP contribution in [0.2, 0.25) is 0 Å². The van der Waals surface area contributed by atoms with E-state index >= 15 is 0 Å². The van der Waals surface area contributed by atoms with Crippen molar-refractivity contribution in [2.45, 2.75) is 44.2 Å². The lowest BCUT2D eigenvalue weighted by atomic mass is 10.1. The van der Waals surface area contributed by atoms with Gasteiger partial charge < -0.3 is 15.2 Å². The van der Waals surface area contributed by atoms with Crippen molar-refractivity contribution in [2.75, 3.05) is 18.5 Å². The Labute approximate surface area is 192 Å². The molecule has 2 N–H and O–H groups in total. The predicted octanol–water partition coefficient (Wildman–Crippen LogP) is 1.81. The number of aliphatic hydroxyl groups excluding tert-OH is 1. The average molecular weight is 475 g/mol. The molecule has 0 saturated carbocycles. The van der Waals surface area contributed by atoms with E-state index < -0.39 is 40.7 Å². The number of carbonyl (C=O) groups is 3. The molecule has 0 aromatic heterocycles. The first-order valence-corrected chi connectivity index (χ1v) is 11.8. The molecule has 0 radical (unpaired) electrons. The van der Waals surface area contributed by atoms with Crippen LogP contribution in [0.4, 0.5) is 5.69 Å². The number of ketones is 1. The quantitative estimate of drug-likeness (QED) is 0.462. The molecule has 1 saturated heterocycles. The zero-order valence-electron chi connectivity index (χ0n) is 18.6. The van der Waals surface area contributed by atoms with Crippen LogP contribution in [0.25, 0.3) is 0 Å². The maximum Gasteiger partial charge on any atom is 0.325 e. The van der Waals surface area contributed by atoms with Gasteiger partial charge in [0.1, 0.15) is 6.04 Å². The van der Waals surface area contributed by atoms with Crippen LogP contribution in [0.3, 0.4) is 0 Å². The first-order chi connectivity index (χ1) is 15.5. The van der Waals surface area contributed by atoms with Crippen LogP contribution in [0.15, 0.2) is 47.4 Å². The Bertz CT molecular complexity index is 1190. The van der Waals surface area contributed by atoms with Gasteiger partial charge in [0.15, 0.2) is 12.4 Å². The van der Waals surface area contributed by atoms with Crippen molar-refractivity contribution in [3.63, 3.8) is 0 Å². The number of hydrogen-bond acceptors (Lipinski definition) is 7. The zero-order chi connectivity index (χ0) is 24.3. The minimum atomic E-state index is -4.07. The Hall–Kier alpha value is -3.08. The number of sulfonamides is 1. The van der Waals surface area contributed by atoms with E-state index in [1.165, 1.54) is 19.1 Å². The molecule has 1 aliphatic heterocycles. The van der Waals surface area contributed by atoms with Crippen LogP contribution < -0.4 is 5.32 Å². The Morgan fingerprint density at radius 3 is 2.48 bits per heavy atom. The van der Waals surface area contributed by atoms with Crippen molar-refractivity contribution in [3.8, 4) is 0 Å². The van der Waals surface area contributed by atoms with E-state index in [9.17, 15) is 27.9 Å². The summed E-state index contributed by atoms with van der Waals surface area (Å²) in [5, 5.41) is 12.6. The van der Waals surface area contributed by atoms with Gasteiger partial charge in [0.25, 0.3) is 5.91 Å². The summed E-state index contributed by atoms with van der Waals surface area (Å²) in [4.78, 5) is 36.6. The standard InChI is InChI=1S/C23H26N2O7S/c1-14-8-9-18(10-15(14)2)33(30,31)25-12-17(27)11-21(25)23(29)32-13-22(28)24-20-7-5-4-6-19(20)16(3)26/h4-10,17,21,27H,11-13H2,1-3H3,(H,24,28). The SMILES string of the molecule is CC(=O)c1ccccc1NC(=O)COC(=O)C1CC(O)CN1S(=O)(=O)c1ccc(C)c(C)c1. The van der Waals surface area contributed by atoms with E-state index in [0.29, 0.717) is 5.56 Å². The number of esters is 1. The lowest BCUT2D eigenvalue weighted by Crippen LogP contribution is -2.42. The fourth-order valence-electron chi connectivity index (χ4n) is 3.59. The number of nitrogens with zero attached hydrogens (tertiary/aromatic N) is 1. The van der Waals surface area contributed by atoms with Crippen molar-refractivity contribution in [3.05, 3.63) is 59.2 Å². The summed E-state index contributed by atoms with van der Waals surface area (Å²) in [7, 11) is -4.07. The number of anilines is 1. The molecule has 0 spiro atoms. The van der Waals surface area contributed by atoms with Gasteiger partial charge in [0, 0.05) is 18.5 Å². The highest BCUT2D eigenvalue weighted by Crippen LogP contribution is 2.28. The van der Waals surface area contributed by atoms with Gasteiger partial charge in [0.05, 0.1) is 16.7 Å². The maximum atomic E-state index is 13.1. The topological polar surface area (TPSA) is 130 Å². The second-order valence-electron chi connectivity index (χ2n) is 7.98. The number of para-hydroxylation sites is 1. The van der Waals surface area contributed by atoms with Gasteiger partial charge in [-0.05, 0) is 56.2 Å². The second kappa shape index (κ2) is 9.82. The number of benzene rings is 2. The summed E-state index contributed by atoms with van der Waals surface area (Å²) in [5.74, 6) is -1.86. The Morgan fingerprint density at radius 2 is 1.82 bits per heavy atom. The molecule has 1 amide bonds. The molecule has 2 aromatic carbocycles. The molecule has 33 heavy (non-hydrogen) atoms. The van der Waals surface area contributed by atoms with Crippen molar-refractivity contribution in [2.24, 2.45) is 0 Å². The van der Waals surface area contributed by atoms with E-state index in [-0.39, 0.29) is 29.3 Å². The monoisotopic (exact) mass is 474 g/mol. The number of aryl methyl sites for hydroxylation is 2. The number of β-amino-alcohol motifs (C(OH)–C–C–N with tert-alkyl or cyclic N) is 1. The molecular weight excluding hydrogens is 448 g/mol. The van der Waals surface area contributed by atoms with Gasteiger partial charge in [-0.25, -0.2) is 8.42 Å². The highest BCUT2D eigenvalue weighted by atomic mass is 32.2. The summed E-state index contributed by atoms with van der Waals surface area (Å²) in [6, 6.07) is 9.77. The number of aliphatic hydroxyl groups is 1. The third-order valence-electron chi connectivity index (χ3n) is 5.52. The van der Waals surface area contributed by atoms with E-state index in [0.717, 1.165) is 15.4 Å². The number of rotatable bonds is 7. The molecule has 2 atom stereocenters. The lowest BCUT2D eigenvalue weighted by Gasteiger charge is -2.22. The summed E-state index contributed by atoms with van der Waals surface area (Å²) in [5.41, 5.74) is 2.28. The van der Waals surface area contributed by atoms with Gasteiger partial charge >= 0.3 is 5.97 Å². The summed E-state index contributed by atoms with van der Waals surface area (Å²) >= 11 is 0. The van der Waals surface area contributed by atoms with Crippen molar-refractivity contribution < 1.29 is 32.6 Å². The van der Waals surface area contributed by atoms with Crippen molar-refractivity contribution in [1.29, 1.82) is 0 Å². The molecule has 9 nitrogen and oxygen atoms in total. The lowest BCUT2D eigenvalue weighted by molar-refractivity contribution is -0.150. The number of ether oxygens (including phenoxy) is 1. The number of nitrogens with one attached hydrogen (secondary N) is 1. The Balaban J connectivity index is 1.70. The van der Waals surface area contributed by atoms with Gasteiger partial charge in [0.2, 0.25) is 10.0 Å². The number of amides is 1. The highest BCUT2D eigenvalue weighted by molar-refractivity contribution is 7.89.